The van der Waals surface area contributed by atoms with Crippen LogP contribution in [0.4, 0.5) is 4.79 Å². The summed E-state index contributed by atoms with van der Waals surface area (Å²) in [5, 5.41) is 2.41. The number of rotatable bonds is 1. The summed E-state index contributed by atoms with van der Waals surface area (Å²) in [5.41, 5.74) is 0.474. The second-order valence-corrected chi connectivity index (χ2v) is 5.22. The zero-order valence-electron chi connectivity index (χ0n) is 11.7. The number of nitrogens with one attached hydrogen (secondary N) is 1. The summed E-state index contributed by atoms with van der Waals surface area (Å²) in [6.45, 7) is 2.26. The number of hydrogen-bond donors (Lipinski definition) is 1. The smallest absolute Gasteiger partial charge is 0.324 e. The molecule has 0 unspecified atom stereocenters. The average molecular weight is 290 g/mol. The monoisotopic (exact) mass is 290 g/mol. The minimum Gasteiger partial charge on any atom is -0.347 e. The summed E-state index contributed by atoms with van der Waals surface area (Å²) in [6.07, 6.45) is 1.28. The zero-order valence-corrected chi connectivity index (χ0v) is 11.7. The van der Waals surface area contributed by atoms with E-state index in [-0.39, 0.29) is 11.9 Å². The predicted molar refractivity (Wildman–Crippen MR) is 74.7 cm³/mol. The molecule has 0 aliphatic carbocycles. The second kappa shape index (κ2) is 5.83. The van der Waals surface area contributed by atoms with E-state index in [1.165, 1.54) is 0 Å². The highest BCUT2D eigenvalue weighted by Crippen LogP contribution is 2.31. The highest BCUT2D eigenvalue weighted by molar-refractivity contribution is 6.04. The minimum atomic E-state index is -0.514. The molecule has 2 saturated heterocycles. The van der Waals surface area contributed by atoms with E-state index >= 15 is 0 Å². The van der Waals surface area contributed by atoms with Gasteiger partial charge < -0.3 is 14.4 Å². The first-order valence-corrected chi connectivity index (χ1v) is 7.12. The molecule has 0 bridgehead atoms. The van der Waals surface area contributed by atoms with Gasteiger partial charge in [-0.2, -0.15) is 0 Å². The van der Waals surface area contributed by atoms with Crippen molar-refractivity contribution in [2.45, 2.75) is 18.6 Å². The standard InChI is InChI=1S/C15H18N2O4/c18-13(12-4-2-1-3-5-12)16-14(19)17-8-6-15(7-9-17)20-10-11-21-15/h1-5H,6-11H2,(H,16,18,19). The summed E-state index contributed by atoms with van der Waals surface area (Å²) >= 11 is 0. The van der Waals surface area contributed by atoms with Gasteiger partial charge in [-0.15, -0.1) is 0 Å². The molecule has 0 radical (unpaired) electrons. The van der Waals surface area contributed by atoms with Crippen molar-refractivity contribution in [3.63, 3.8) is 0 Å². The van der Waals surface area contributed by atoms with Crippen LogP contribution in [0.15, 0.2) is 30.3 Å². The van der Waals surface area contributed by atoms with E-state index in [1.54, 1.807) is 29.2 Å². The highest BCUT2D eigenvalue weighted by Gasteiger charge is 2.40. The number of hydrogen-bond acceptors (Lipinski definition) is 4. The van der Waals surface area contributed by atoms with Crippen LogP contribution >= 0.6 is 0 Å². The Bertz CT molecular complexity index is 516. The van der Waals surface area contributed by atoms with Crippen LogP contribution in [0.1, 0.15) is 23.2 Å². The summed E-state index contributed by atoms with van der Waals surface area (Å²) in [5.74, 6) is -0.894. The van der Waals surface area contributed by atoms with Crippen LogP contribution in [-0.2, 0) is 9.47 Å². The van der Waals surface area contributed by atoms with E-state index in [0.29, 0.717) is 44.7 Å². The number of urea groups is 1. The van der Waals surface area contributed by atoms with Gasteiger partial charge in [0.25, 0.3) is 5.91 Å². The Morgan fingerprint density at radius 1 is 1.05 bits per heavy atom. The van der Waals surface area contributed by atoms with Crippen molar-refractivity contribution in [1.82, 2.24) is 10.2 Å². The first-order chi connectivity index (χ1) is 10.2. The number of likely N-dealkylation sites (tertiary alicyclic amines) is 1. The van der Waals surface area contributed by atoms with E-state index in [1.807, 2.05) is 6.07 Å². The first kappa shape index (κ1) is 14.0. The third-order valence-electron chi connectivity index (χ3n) is 3.88. The maximum Gasteiger partial charge on any atom is 0.324 e. The summed E-state index contributed by atoms with van der Waals surface area (Å²) in [4.78, 5) is 25.7. The number of ether oxygens (including phenoxy) is 2. The van der Waals surface area contributed by atoms with Crippen molar-refractivity contribution in [2.24, 2.45) is 0 Å². The fraction of sp³-hybridized carbons (Fsp3) is 0.467. The van der Waals surface area contributed by atoms with E-state index in [4.69, 9.17) is 9.47 Å². The number of benzene rings is 1. The lowest BCUT2D eigenvalue weighted by molar-refractivity contribution is -0.181. The molecule has 0 aromatic heterocycles. The Kier molecular flexibility index (Phi) is 3.90. The van der Waals surface area contributed by atoms with Crippen LogP contribution in [0.3, 0.4) is 0 Å². The minimum absolute atomic E-state index is 0.364. The Hall–Kier alpha value is -1.92. The second-order valence-electron chi connectivity index (χ2n) is 5.22. The van der Waals surface area contributed by atoms with Crippen LogP contribution in [0.5, 0.6) is 0 Å². The molecule has 1 aromatic carbocycles. The van der Waals surface area contributed by atoms with Crippen LogP contribution in [0.2, 0.25) is 0 Å². The van der Waals surface area contributed by atoms with Gasteiger partial charge >= 0.3 is 6.03 Å². The van der Waals surface area contributed by atoms with Gasteiger partial charge in [-0.05, 0) is 12.1 Å². The molecule has 112 valence electrons. The third-order valence-corrected chi connectivity index (χ3v) is 3.88. The molecule has 3 amide bonds. The summed E-state index contributed by atoms with van der Waals surface area (Å²) in [7, 11) is 0. The molecule has 0 atom stereocenters. The molecule has 2 heterocycles. The van der Waals surface area contributed by atoms with Gasteiger partial charge in [-0.25, -0.2) is 4.79 Å². The Labute approximate surface area is 123 Å². The normalized spacial score (nSPS) is 20.5. The largest absolute Gasteiger partial charge is 0.347 e. The number of nitrogens with zero attached hydrogens (tertiary/aromatic N) is 1. The number of carbonyl (C=O) groups excluding carboxylic acids is 2. The molecule has 2 aliphatic heterocycles. The molecule has 2 fully saturated rings. The van der Waals surface area contributed by atoms with E-state index in [9.17, 15) is 9.59 Å². The number of amides is 3. The highest BCUT2D eigenvalue weighted by atomic mass is 16.7. The van der Waals surface area contributed by atoms with Gasteiger partial charge in [0.1, 0.15) is 0 Å². The zero-order chi connectivity index (χ0) is 14.7. The van der Waals surface area contributed by atoms with Gasteiger partial charge in [-0.3, -0.25) is 10.1 Å². The Balaban J connectivity index is 1.54. The molecular formula is C15H18N2O4. The molecule has 0 saturated carbocycles. The van der Waals surface area contributed by atoms with Crippen LogP contribution in [0.25, 0.3) is 0 Å². The number of imide groups is 1. The first-order valence-electron chi connectivity index (χ1n) is 7.12. The average Bonchev–Trinajstić information content (AvgIpc) is 2.97. The molecule has 1 N–H and O–H groups in total. The molecule has 21 heavy (non-hydrogen) atoms. The Morgan fingerprint density at radius 2 is 1.67 bits per heavy atom. The molecule has 1 spiro atoms. The SMILES string of the molecule is O=C(NC(=O)N1CCC2(CC1)OCCO2)c1ccccc1. The van der Waals surface area contributed by atoms with E-state index in [2.05, 4.69) is 5.32 Å². The molecule has 2 aliphatic rings. The molecule has 6 heteroatoms. The van der Waals surface area contributed by atoms with E-state index < -0.39 is 5.79 Å². The van der Waals surface area contributed by atoms with Crippen LogP contribution in [0, 0.1) is 0 Å². The molecule has 1 aromatic rings. The van der Waals surface area contributed by atoms with Gasteiger partial charge in [0, 0.05) is 31.5 Å². The fourth-order valence-corrected chi connectivity index (χ4v) is 2.67. The lowest BCUT2D eigenvalue weighted by Crippen LogP contribution is -2.51. The van der Waals surface area contributed by atoms with Gasteiger partial charge in [0.05, 0.1) is 13.2 Å². The lowest BCUT2D eigenvalue weighted by Gasteiger charge is -2.37. The summed E-state index contributed by atoms with van der Waals surface area (Å²) < 4.78 is 11.2. The lowest BCUT2D eigenvalue weighted by atomic mass is 10.0. The number of piperidine rings is 1. The van der Waals surface area contributed by atoms with Crippen molar-refractivity contribution >= 4 is 11.9 Å². The maximum atomic E-state index is 12.1. The third kappa shape index (κ3) is 3.06. The fourth-order valence-electron chi connectivity index (χ4n) is 2.67. The van der Waals surface area contributed by atoms with Crippen molar-refractivity contribution in [2.75, 3.05) is 26.3 Å². The van der Waals surface area contributed by atoms with Crippen molar-refractivity contribution < 1.29 is 19.1 Å². The van der Waals surface area contributed by atoms with Crippen LogP contribution < -0.4 is 5.32 Å². The van der Waals surface area contributed by atoms with Gasteiger partial charge in [-0.1, -0.05) is 18.2 Å². The van der Waals surface area contributed by atoms with Crippen molar-refractivity contribution in [1.29, 1.82) is 0 Å². The molecular weight excluding hydrogens is 272 g/mol. The molecule has 3 rings (SSSR count). The van der Waals surface area contributed by atoms with Crippen molar-refractivity contribution in [3.05, 3.63) is 35.9 Å². The topological polar surface area (TPSA) is 67.9 Å². The van der Waals surface area contributed by atoms with Gasteiger partial charge in [0.2, 0.25) is 0 Å². The van der Waals surface area contributed by atoms with Crippen molar-refractivity contribution in [3.8, 4) is 0 Å². The maximum absolute atomic E-state index is 12.1. The van der Waals surface area contributed by atoms with Crippen LogP contribution in [-0.4, -0.2) is 48.9 Å². The Morgan fingerprint density at radius 3 is 2.29 bits per heavy atom. The molecule has 6 nitrogen and oxygen atoms in total. The number of carbonyl (C=O) groups is 2. The summed E-state index contributed by atoms with van der Waals surface area (Å²) in [6, 6.07) is 8.33. The van der Waals surface area contributed by atoms with Gasteiger partial charge in [0.15, 0.2) is 5.79 Å². The van der Waals surface area contributed by atoms with E-state index in [0.717, 1.165) is 0 Å². The quantitative estimate of drug-likeness (QED) is 0.848. The predicted octanol–water partition coefficient (Wildman–Crippen LogP) is 1.38.